The molecular formula is C16H20ClF3N2. The summed E-state index contributed by atoms with van der Waals surface area (Å²) < 4.78 is 39.2. The van der Waals surface area contributed by atoms with Gasteiger partial charge in [0.1, 0.15) is 0 Å². The highest BCUT2D eigenvalue weighted by Crippen LogP contribution is 2.43. The van der Waals surface area contributed by atoms with Crippen LogP contribution in [-0.4, -0.2) is 31.1 Å². The Morgan fingerprint density at radius 2 is 1.82 bits per heavy atom. The monoisotopic (exact) mass is 332 g/mol. The highest BCUT2D eigenvalue weighted by Gasteiger charge is 2.36. The fraction of sp³-hybridized carbons (Fsp3) is 0.625. The Kier molecular flexibility index (Phi) is 4.67. The third kappa shape index (κ3) is 3.42. The van der Waals surface area contributed by atoms with E-state index in [-0.39, 0.29) is 11.1 Å². The van der Waals surface area contributed by atoms with Gasteiger partial charge in [0, 0.05) is 37.2 Å². The second-order valence-corrected chi connectivity index (χ2v) is 6.63. The van der Waals surface area contributed by atoms with Crippen LogP contribution in [0.4, 0.5) is 13.2 Å². The number of alkyl halides is 3. The van der Waals surface area contributed by atoms with E-state index in [4.69, 9.17) is 11.6 Å². The molecule has 1 aliphatic heterocycles. The highest BCUT2D eigenvalue weighted by atomic mass is 35.5. The summed E-state index contributed by atoms with van der Waals surface area (Å²) in [6.45, 7) is 3.51. The molecule has 1 atom stereocenters. The van der Waals surface area contributed by atoms with Crippen LogP contribution in [0, 0.1) is 5.92 Å². The van der Waals surface area contributed by atoms with Crippen LogP contribution >= 0.6 is 11.6 Å². The van der Waals surface area contributed by atoms with E-state index in [1.807, 2.05) is 0 Å². The normalized spacial score (nSPS) is 22.4. The Labute approximate surface area is 133 Å². The number of piperazine rings is 1. The summed E-state index contributed by atoms with van der Waals surface area (Å²) in [5, 5.41) is 3.47. The Morgan fingerprint density at radius 1 is 1.14 bits per heavy atom. The average molecular weight is 333 g/mol. The van der Waals surface area contributed by atoms with Crippen molar-refractivity contribution in [2.45, 2.75) is 31.5 Å². The zero-order valence-electron chi connectivity index (χ0n) is 12.3. The summed E-state index contributed by atoms with van der Waals surface area (Å²) in [7, 11) is 0. The first-order valence-electron chi connectivity index (χ1n) is 7.77. The van der Waals surface area contributed by atoms with Crippen LogP contribution in [0.15, 0.2) is 18.2 Å². The fourth-order valence-electron chi connectivity index (χ4n) is 3.44. The van der Waals surface area contributed by atoms with Crippen LogP contribution in [-0.2, 0) is 6.18 Å². The van der Waals surface area contributed by atoms with E-state index in [2.05, 4.69) is 10.2 Å². The van der Waals surface area contributed by atoms with E-state index in [0.717, 1.165) is 45.1 Å². The van der Waals surface area contributed by atoms with E-state index in [1.165, 1.54) is 12.5 Å². The number of nitrogens with one attached hydrogen (secondary N) is 1. The van der Waals surface area contributed by atoms with Crippen molar-refractivity contribution in [3.63, 3.8) is 0 Å². The quantitative estimate of drug-likeness (QED) is 0.896. The lowest BCUT2D eigenvalue weighted by Gasteiger charge is -2.43. The van der Waals surface area contributed by atoms with Crippen molar-refractivity contribution >= 4 is 11.6 Å². The summed E-state index contributed by atoms with van der Waals surface area (Å²) in [6.07, 6.45) is -1.02. The summed E-state index contributed by atoms with van der Waals surface area (Å²) in [4.78, 5) is 2.31. The molecular weight excluding hydrogens is 313 g/mol. The molecule has 1 heterocycles. The largest absolute Gasteiger partial charge is 0.416 e. The lowest BCUT2D eigenvalue weighted by molar-refractivity contribution is -0.137. The van der Waals surface area contributed by atoms with Crippen molar-refractivity contribution in [2.24, 2.45) is 5.92 Å². The molecule has 2 nitrogen and oxygen atoms in total. The number of benzene rings is 1. The first-order valence-corrected chi connectivity index (χ1v) is 8.15. The van der Waals surface area contributed by atoms with E-state index >= 15 is 0 Å². The molecule has 1 saturated heterocycles. The van der Waals surface area contributed by atoms with Crippen LogP contribution in [0.5, 0.6) is 0 Å². The van der Waals surface area contributed by atoms with Gasteiger partial charge in [-0.15, -0.1) is 0 Å². The zero-order valence-corrected chi connectivity index (χ0v) is 13.1. The van der Waals surface area contributed by atoms with Crippen molar-refractivity contribution < 1.29 is 13.2 Å². The van der Waals surface area contributed by atoms with Gasteiger partial charge in [0.2, 0.25) is 0 Å². The molecule has 0 radical (unpaired) electrons. The first-order chi connectivity index (χ1) is 10.4. The van der Waals surface area contributed by atoms with Gasteiger partial charge < -0.3 is 5.32 Å². The molecule has 1 N–H and O–H groups in total. The topological polar surface area (TPSA) is 15.3 Å². The lowest BCUT2D eigenvalue weighted by atomic mass is 9.76. The maximum absolute atomic E-state index is 13.1. The van der Waals surface area contributed by atoms with Gasteiger partial charge in [-0.2, -0.15) is 13.2 Å². The number of hydrogen-bond donors (Lipinski definition) is 1. The Hall–Kier alpha value is -0.780. The lowest BCUT2D eigenvalue weighted by Crippen LogP contribution is -2.47. The Morgan fingerprint density at radius 3 is 2.36 bits per heavy atom. The van der Waals surface area contributed by atoms with Crippen molar-refractivity contribution in [2.75, 3.05) is 26.2 Å². The first kappa shape index (κ1) is 16.1. The summed E-state index contributed by atoms with van der Waals surface area (Å²) in [6, 6.07) is 4.06. The molecule has 0 bridgehead atoms. The summed E-state index contributed by atoms with van der Waals surface area (Å²) >= 11 is 5.97. The van der Waals surface area contributed by atoms with E-state index in [0.29, 0.717) is 11.5 Å². The minimum Gasteiger partial charge on any atom is -0.314 e. The van der Waals surface area contributed by atoms with Crippen LogP contribution in [0.1, 0.15) is 36.4 Å². The Bertz CT molecular complexity index is 523. The van der Waals surface area contributed by atoms with Gasteiger partial charge in [0.15, 0.2) is 0 Å². The average Bonchev–Trinajstić information content (AvgIpc) is 2.42. The van der Waals surface area contributed by atoms with Gasteiger partial charge in [0.25, 0.3) is 0 Å². The van der Waals surface area contributed by atoms with Gasteiger partial charge in [0.05, 0.1) is 5.56 Å². The van der Waals surface area contributed by atoms with E-state index < -0.39 is 11.7 Å². The highest BCUT2D eigenvalue weighted by molar-refractivity contribution is 6.30. The zero-order chi connectivity index (χ0) is 15.7. The molecule has 1 aromatic rings. The molecule has 6 heteroatoms. The van der Waals surface area contributed by atoms with Crippen LogP contribution in [0.25, 0.3) is 0 Å². The number of halogens is 4. The van der Waals surface area contributed by atoms with Crippen molar-refractivity contribution in [3.8, 4) is 0 Å². The molecule has 2 fully saturated rings. The smallest absolute Gasteiger partial charge is 0.314 e. The van der Waals surface area contributed by atoms with Gasteiger partial charge in [-0.05, 0) is 42.5 Å². The van der Waals surface area contributed by atoms with Crippen molar-refractivity contribution in [1.29, 1.82) is 0 Å². The SMILES string of the molecule is FC(F)(F)c1cc(Cl)cc([C@H](C2CCC2)N2CCNCC2)c1. The van der Waals surface area contributed by atoms with Gasteiger partial charge >= 0.3 is 6.18 Å². The molecule has 1 aromatic carbocycles. The van der Waals surface area contributed by atoms with Gasteiger partial charge in [-0.1, -0.05) is 18.0 Å². The maximum Gasteiger partial charge on any atom is 0.416 e. The number of hydrogen-bond acceptors (Lipinski definition) is 2. The minimum atomic E-state index is -4.35. The summed E-state index contributed by atoms with van der Waals surface area (Å²) in [5.74, 6) is 0.442. The Balaban J connectivity index is 1.94. The van der Waals surface area contributed by atoms with Crippen LogP contribution in [0.3, 0.4) is 0 Å². The maximum atomic E-state index is 13.1. The molecule has 0 unspecified atom stereocenters. The number of nitrogens with zero attached hydrogens (tertiary/aromatic N) is 1. The molecule has 1 saturated carbocycles. The molecule has 22 heavy (non-hydrogen) atoms. The second kappa shape index (κ2) is 6.38. The third-order valence-electron chi connectivity index (χ3n) is 4.73. The number of rotatable bonds is 3. The molecule has 122 valence electrons. The third-order valence-corrected chi connectivity index (χ3v) is 4.95. The molecule has 0 spiro atoms. The van der Waals surface area contributed by atoms with Crippen LogP contribution in [0.2, 0.25) is 5.02 Å². The molecule has 3 rings (SSSR count). The predicted octanol–water partition coefficient (Wildman–Crippen LogP) is 4.11. The predicted molar refractivity (Wildman–Crippen MR) is 81.0 cm³/mol. The minimum absolute atomic E-state index is 0.0515. The standard InChI is InChI=1S/C16H20ClF3N2/c17-14-9-12(8-13(10-14)16(18,19)20)15(11-2-1-3-11)22-6-4-21-5-7-22/h8-11,15,21H,1-7H2/t15-/m0/s1. The second-order valence-electron chi connectivity index (χ2n) is 6.19. The van der Waals surface area contributed by atoms with E-state index in [1.54, 1.807) is 6.07 Å². The van der Waals surface area contributed by atoms with Crippen molar-refractivity contribution in [1.82, 2.24) is 10.2 Å². The molecule has 0 aromatic heterocycles. The van der Waals surface area contributed by atoms with Crippen molar-refractivity contribution in [3.05, 3.63) is 34.3 Å². The molecule has 2 aliphatic rings. The molecule has 1 aliphatic carbocycles. The molecule has 0 amide bonds. The van der Waals surface area contributed by atoms with Crippen LogP contribution < -0.4 is 5.32 Å². The van der Waals surface area contributed by atoms with Gasteiger partial charge in [-0.25, -0.2) is 0 Å². The van der Waals surface area contributed by atoms with E-state index in [9.17, 15) is 13.2 Å². The fourth-order valence-corrected chi connectivity index (χ4v) is 3.69. The van der Waals surface area contributed by atoms with Gasteiger partial charge in [-0.3, -0.25) is 4.90 Å². The summed E-state index contributed by atoms with van der Waals surface area (Å²) in [5.41, 5.74) is 0.0703.